The maximum absolute atomic E-state index is 11.6. The lowest BCUT2D eigenvalue weighted by atomic mass is 10.0. The average Bonchev–Trinajstić information content (AvgIpc) is 2.45. The number of carboxylic acids is 1. The Kier molecular flexibility index (Phi) is 4.70. The summed E-state index contributed by atoms with van der Waals surface area (Å²) >= 11 is 5.92. The highest BCUT2D eigenvalue weighted by Gasteiger charge is 2.21. The predicted molar refractivity (Wildman–Crippen MR) is 83.2 cm³/mol. The molecule has 5 heteroatoms. The van der Waals surface area contributed by atoms with Crippen molar-refractivity contribution in [3.63, 3.8) is 0 Å². The van der Waals surface area contributed by atoms with Gasteiger partial charge >= 0.3 is 5.97 Å². The highest BCUT2D eigenvalue weighted by atomic mass is 35.5. The molecule has 1 atom stereocenters. The van der Waals surface area contributed by atoms with Gasteiger partial charge in [-0.1, -0.05) is 23.7 Å². The van der Waals surface area contributed by atoms with Crippen LogP contribution in [0.25, 0.3) is 0 Å². The number of rotatable bonds is 5. The molecule has 0 saturated heterocycles. The maximum atomic E-state index is 11.6. The molecule has 0 spiro atoms. The van der Waals surface area contributed by atoms with Crippen LogP contribution in [0, 0.1) is 6.92 Å². The first-order valence-electron chi connectivity index (χ1n) is 6.40. The molecule has 2 rings (SSSR count). The van der Waals surface area contributed by atoms with Gasteiger partial charge in [-0.25, -0.2) is 4.79 Å². The third-order valence-corrected chi connectivity index (χ3v) is 3.41. The Morgan fingerprint density at radius 3 is 2.67 bits per heavy atom. The fraction of sp³-hybridized carbons (Fsp3) is 0.188. The van der Waals surface area contributed by atoms with E-state index in [4.69, 9.17) is 16.3 Å². The summed E-state index contributed by atoms with van der Waals surface area (Å²) in [6.07, 6.45) is 0. The molecule has 0 radical (unpaired) electrons. The molecule has 0 aliphatic heterocycles. The van der Waals surface area contributed by atoms with Gasteiger partial charge in [0.25, 0.3) is 0 Å². The largest absolute Gasteiger partial charge is 0.497 e. The lowest BCUT2D eigenvalue weighted by molar-refractivity contribution is -0.138. The van der Waals surface area contributed by atoms with Crippen molar-refractivity contribution in [1.82, 2.24) is 0 Å². The number of benzene rings is 2. The fourth-order valence-electron chi connectivity index (χ4n) is 2.12. The number of halogens is 1. The van der Waals surface area contributed by atoms with Gasteiger partial charge in [-0.05, 0) is 42.3 Å². The third kappa shape index (κ3) is 3.67. The first-order chi connectivity index (χ1) is 10.0. The molecule has 0 aliphatic carbocycles. The topological polar surface area (TPSA) is 58.6 Å². The molecule has 2 aromatic carbocycles. The minimum atomic E-state index is -0.955. The summed E-state index contributed by atoms with van der Waals surface area (Å²) in [5, 5.41) is 13.1. The van der Waals surface area contributed by atoms with E-state index in [9.17, 15) is 9.90 Å². The predicted octanol–water partition coefficient (Wildman–Crippen LogP) is 3.89. The van der Waals surface area contributed by atoms with E-state index >= 15 is 0 Å². The molecule has 0 heterocycles. The molecule has 0 aromatic heterocycles. The summed E-state index contributed by atoms with van der Waals surface area (Å²) in [5.41, 5.74) is 2.18. The maximum Gasteiger partial charge on any atom is 0.330 e. The number of carbonyl (C=O) groups is 1. The van der Waals surface area contributed by atoms with Crippen molar-refractivity contribution < 1.29 is 14.6 Å². The van der Waals surface area contributed by atoms with Crippen LogP contribution >= 0.6 is 11.6 Å². The van der Waals surface area contributed by atoms with Crippen molar-refractivity contribution in [2.24, 2.45) is 0 Å². The lowest BCUT2D eigenvalue weighted by Gasteiger charge is -2.18. The minimum Gasteiger partial charge on any atom is -0.497 e. The Labute approximate surface area is 128 Å². The first-order valence-corrected chi connectivity index (χ1v) is 6.78. The molecule has 0 saturated carbocycles. The van der Waals surface area contributed by atoms with Crippen molar-refractivity contribution in [1.29, 1.82) is 0 Å². The van der Waals surface area contributed by atoms with Crippen LogP contribution in [0.3, 0.4) is 0 Å². The van der Waals surface area contributed by atoms with Crippen molar-refractivity contribution in [3.05, 3.63) is 58.6 Å². The smallest absolute Gasteiger partial charge is 0.330 e. The number of nitrogens with one attached hydrogen (secondary N) is 1. The number of hydrogen-bond donors (Lipinski definition) is 2. The zero-order valence-corrected chi connectivity index (χ0v) is 12.5. The van der Waals surface area contributed by atoms with Crippen LogP contribution in [-0.2, 0) is 4.79 Å². The molecule has 110 valence electrons. The second-order valence-corrected chi connectivity index (χ2v) is 5.08. The number of aryl methyl sites for hydroxylation is 1. The summed E-state index contributed by atoms with van der Waals surface area (Å²) < 4.78 is 5.14. The standard InChI is InChI=1S/C16H16ClNO3/c1-10-8-11(17)6-7-14(10)15(16(19)20)18-12-4-3-5-13(9-12)21-2/h3-9,15,18H,1-2H3,(H,19,20). The Morgan fingerprint density at radius 1 is 1.29 bits per heavy atom. The SMILES string of the molecule is COc1cccc(NC(C(=O)O)c2ccc(Cl)cc2C)c1. The van der Waals surface area contributed by atoms with E-state index in [1.807, 2.05) is 6.92 Å². The summed E-state index contributed by atoms with van der Waals surface area (Å²) in [5.74, 6) is -0.291. The normalized spacial score (nSPS) is 11.8. The van der Waals surface area contributed by atoms with Crippen molar-refractivity contribution in [2.75, 3.05) is 12.4 Å². The second-order valence-electron chi connectivity index (χ2n) is 4.65. The van der Waals surface area contributed by atoms with E-state index in [2.05, 4.69) is 5.32 Å². The number of methoxy groups -OCH3 is 1. The summed E-state index contributed by atoms with van der Waals surface area (Å²) in [6, 6.07) is 11.5. The van der Waals surface area contributed by atoms with Gasteiger partial charge in [0.15, 0.2) is 6.04 Å². The summed E-state index contributed by atoms with van der Waals surface area (Å²) in [4.78, 5) is 11.6. The Bertz CT molecular complexity index is 658. The van der Waals surface area contributed by atoms with Crippen molar-refractivity contribution >= 4 is 23.3 Å². The minimum absolute atomic E-state index is 0.585. The van der Waals surface area contributed by atoms with E-state index in [1.165, 1.54) is 0 Å². The Morgan fingerprint density at radius 2 is 2.05 bits per heavy atom. The number of aliphatic carboxylic acids is 1. The van der Waals surface area contributed by atoms with E-state index in [0.29, 0.717) is 22.0 Å². The van der Waals surface area contributed by atoms with E-state index in [-0.39, 0.29) is 0 Å². The summed E-state index contributed by atoms with van der Waals surface area (Å²) in [7, 11) is 1.57. The molecule has 21 heavy (non-hydrogen) atoms. The molecule has 0 amide bonds. The van der Waals surface area contributed by atoms with Gasteiger partial charge in [-0.3, -0.25) is 0 Å². The molecule has 1 unspecified atom stereocenters. The average molecular weight is 306 g/mol. The summed E-state index contributed by atoms with van der Waals surface area (Å²) in [6.45, 7) is 1.84. The molecule has 0 aliphatic rings. The van der Waals surface area contributed by atoms with Crippen LogP contribution in [0.1, 0.15) is 17.2 Å². The van der Waals surface area contributed by atoms with Gasteiger partial charge in [-0.2, -0.15) is 0 Å². The second kappa shape index (κ2) is 6.50. The zero-order valence-electron chi connectivity index (χ0n) is 11.8. The van der Waals surface area contributed by atoms with Gasteiger partial charge in [0.05, 0.1) is 7.11 Å². The highest BCUT2D eigenvalue weighted by Crippen LogP contribution is 2.26. The van der Waals surface area contributed by atoms with Gasteiger partial charge in [0.1, 0.15) is 5.75 Å². The molecule has 4 nitrogen and oxygen atoms in total. The van der Waals surface area contributed by atoms with Gasteiger partial charge in [-0.15, -0.1) is 0 Å². The van der Waals surface area contributed by atoms with E-state index in [1.54, 1.807) is 49.6 Å². The molecule has 0 fully saturated rings. The van der Waals surface area contributed by atoms with Crippen LogP contribution in [0.2, 0.25) is 5.02 Å². The number of hydrogen-bond acceptors (Lipinski definition) is 3. The van der Waals surface area contributed by atoms with Crippen LogP contribution in [0.5, 0.6) is 5.75 Å². The monoisotopic (exact) mass is 305 g/mol. The lowest BCUT2D eigenvalue weighted by Crippen LogP contribution is -2.21. The first kappa shape index (κ1) is 15.2. The Hall–Kier alpha value is -2.20. The quantitative estimate of drug-likeness (QED) is 0.879. The van der Waals surface area contributed by atoms with Gasteiger partial charge < -0.3 is 15.2 Å². The van der Waals surface area contributed by atoms with E-state index < -0.39 is 12.0 Å². The van der Waals surface area contributed by atoms with Gasteiger partial charge in [0, 0.05) is 16.8 Å². The third-order valence-electron chi connectivity index (χ3n) is 3.17. The number of carboxylic acid groups (broad SMARTS) is 1. The van der Waals surface area contributed by atoms with Crippen LogP contribution in [0.4, 0.5) is 5.69 Å². The number of anilines is 1. The van der Waals surface area contributed by atoms with Crippen LogP contribution in [-0.4, -0.2) is 18.2 Å². The van der Waals surface area contributed by atoms with E-state index in [0.717, 1.165) is 5.56 Å². The molecular weight excluding hydrogens is 290 g/mol. The van der Waals surface area contributed by atoms with Gasteiger partial charge in [0.2, 0.25) is 0 Å². The molecule has 2 aromatic rings. The fourth-order valence-corrected chi connectivity index (χ4v) is 2.34. The van der Waals surface area contributed by atoms with Crippen molar-refractivity contribution in [3.8, 4) is 5.75 Å². The highest BCUT2D eigenvalue weighted by molar-refractivity contribution is 6.30. The molecule has 2 N–H and O–H groups in total. The molecule has 0 bridgehead atoms. The zero-order chi connectivity index (χ0) is 15.4. The molecular formula is C16H16ClNO3. The Balaban J connectivity index is 2.33. The van der Waals surface area contributed by atoms with Crippen LogP contribution in [0.15, 0.2) is 42.5 Å². The number of ether oxygens (including phenoxy) is 1. The van der Waals surface area contributed by atoms with Crippen molar-refractivity contribution in [2.45, 2.75) is 13.0 Å². The van der Waals surface area contributed by atoms with Crippen LogP contribution < -0.4 is 10.1 Å².